The van der Waals surface area contributed by atoms with Crippen molar-refractivity contribution in [2.24, 2.45) is 0 Å². The summed E-state index contributed by atoms with van der Waals surface area (Å²) in [6.07, 6.45) is 0. The minimum absolute atomic E-state index is 0.0955. The van der Waals surface area contributed by atoms with Crippen LogP contribution < -0.4 is 10.1 Å². The van der Waals surface area contributed by atoms with E-state index >= 15 is 0 Å². The van der Waals surface area contributed by atoms with Crippen molar-refractivity contribution < 1.29 is 9.53 Å². The highest BCUT2D eigenvalue weighted by atomic mass is 79.9. The standard InChI is InChI=1S/C15H23BrN2O2/c1-4-18(5-2)10-9-17-15(19)13-11-12(16)7-8-14(13)20-6-3/h7-8,11H,4-6,9-10H2,1-3H3,(H,17,19). The van der Waals surface area contributed by atoms with Gasteiger partial charge in [-0.05, 0) is 38.2 Å². The van der Waals surface area contributed by atoms with Gasteiger partial charge in [0.2, 0.25) is 0 Å². The average Bonchev–Trinajstić information content (AvgIpc) is 2.45. The largest absolute Gasteiger partial charge is 0.493 e. The van der Waals surface area contributed by atoms with Crippen LogP contribution in [-0.4, -0.2) is 43.6 Å². The van der Waals surface area contributed by atoms with Gasteiger partial charge in [-0.1, -0.05) is 29.8 Å². The van der Waals surface area contributed by atoms with Crippen LogP contribution in [0.5, 0.6) is 5.75 Å². The third-order valence-corrected chi connectivity index (χ3v) is 3.59. The third kappa shape index (κ3) is 5.13. The normalized spacial score (nSPS) is 10.7. The summed E-state index contributed by atoms with van der Waals surface area (Å²) < 4.78 is 6.36. The first kappa shape index (κ1) is 17.0. The predicted octanol–water partition coefficient (Wildman–Crippen LogP) is 2.92. The molecular formula is C15H23BrN2O2. The zero-order chi connectivity index (χ0) is 15.0. The van der Waals surface area contributed by atoms with Gasteiger partial charge in [-0.2, -0.15) is 0 Å². The highest BCUT2D eigenvalue weighted by molar-refractivity contribution is 9.10. The van der Waals surface area contributed by atoms with Crippen molar-refractivity contribution in [2.75, 3.05) is 32.8 Å². The summed E-state index contributed by atoms with van der Waals surface area (Å²) in [5.41, 5.74) is 0.570. The Morgan fingerprint density at radius 2 is 2.00 bits per heavy atom. The fourth-order valence-corrected chi connectivity index (χ4v) is 2.28. The third-order valence-electron chi connectivity index (χ3n) is 3.09. The molecule has 1 N–H and O–H groups in total. The Bertz CT molecular complexity index is 434. The molecule has 1 rings (SSSR count). The van der Waals surface area contributed by atoms with Crippen LogP contribution >= 0.6 is 15.9 Å². The van der Waals surface area contributed by atoms with Gasteiger partial charge in [0.1, 0.15) is 5.75 Å². The fraction of sp³-hybridized carbons (Fsp3) is 0.533. The lowest BCUT2D eigenvalue weighted by Crippen LogP contribution is -2.34. The summed E-state index contributed by atoms with van der Waals surface area (Å²) in [6, 6.07) is 5.47. The molecule has 0 fully saturated rings. The van der Waals surface area contributed by atoms with Crippen LogP contribution in [0.15, 0.2) is 22.7 Å². The molecule has 4 nitrogen and oxygen atoms in total. The number of carbonyl (C=O) groups is 1. The Morgan fingerprint density at radius 1 is 1.30 bits per heavy atom. The molecule has 0 saturated carbocycles. The number of nitrogens with one attached hydrogen (secondary N) is 1. The number of amides is 1. The number of likely N-dealkylation sites (N-methyl/N-ethyl adjacent to an activating group) is 1. The molecule has 0 aliphatic heterocycles. The molecule has 0 spiro atoms. The first-order chi connectivity index (χ1) is 9.62. The van der Waals surface area contributed by atoms with Gasteiger partial charge in [-0.15, -0.1) is 0 Å². The van der Waals surface area contributed by atoms with E-state index in [-0.39, 0.29) is 5.91 Å². The molecule has 1 amide bonds. The van der Waals surface area contributed by atoms with Crippen LogP contribution in [0.4, 0.5) is 0 Å². The molecule has 0 bridgehead atoms. The Balaban J connectivity index is 2.64. The summed E-state index contributed by atoms with van der Waals surface area (Å²) in [5, 5.41) is 2.94. The molecular weight excluding hydrogens is 320 g/mol. The van der Waals surface area contributed by atoms with E-state index in [9.17, 15) is 4.79 Å². The molecule has 1 aromatic rings. The molecule has 0 heterocycles. The second kappa shape index (κ2) is 8.97. The molecule has 20 heavy (non-hydrogen) atoms. The van der Waals surface area contributed by atoms with Gasteiger partial charge >= 0.3 is 0 Å². The lowest BCUT2D eigenvalue weighted by molar-refractivity contribution is 0.0945. The molecule has 0 atom stereocenters. The maximum atomic E-state index is 12.2. The SMILES string of the molecule is CCOc1ccc(Br)cc1C(=O)NCCN(CC)CC. The van der Waals surface area contributed by atoms with Crippen molar-refractivity contribution in [3.05, 3.63) is 28.2 Å². The van der Waals surface area contributed by atoms with Crippen molar-refractivity contribution in [1.29, 1.82) is 0 Å². The Morgan fingerprint density at radius 3 is 2.60 bits per heavy atom. The summed E-state index contributed by atoms with van der Waals surface area (Å²) in [7, 11) is 0. The molecule has 5 heteroatoms. The number of carbonyl (C=O) groups excluding carboxylic acids is 1. The van der Waals surface area contributed by atoms with Crippen molar-refractivity contribution in [2.45, 2.75) is 20.8 Å². The Labute approximate surface area is 129 Å². The van der Waals surface area contributed by atoms with Crippen LogP contribution in [-0.2, 0) is 0 Å². The van der Waals surface area contributed by atoms with E-state index in [1.807, 2.05) is 19.1 Å². The van der Waals surface area contributed by atoms with Crippen LogP contribution in [0.1, 0.15) is 31.1 Å². The maximum Gasteiger partial charge on any atom is 0.255 e. The summed E-state index contributed by atoms with van der Waals surface area (Å²) in [6.45, 7) is 10.2. The lowest BCUT2D eigenvalue weighted by atomic mass is 10.2. The highest BCUT2D eigenvalue weighted by Gasteiger charge is 2.13. The van der Waals surface area contributed by atoms with E-state index in [2.05, 4.69) is 40.0 Å². The number of hydrogen-bond acceptors (Lipinski definition) is 3. The quantitative estimate of drug-likeness (QED) is 0.789. The number of ether oxygens (including phenoxy) is 1. The van der Waals surface area contributed by atoms with Gasteiger partial charge in [0.05, 0.1) is 12.2 Å². The smallest absolute Gasteiger partial charge is 0.255 e. The molecule has 1 aromatic carbocycles. The number of halogens is 1. The number of rotatable bonds is 8. The van der Waals surface area contributed by atoms with E-state index in [0.717, 1.165) is 24.1 Å². The highest BCUT2D eigenvalue weighted by Crippen LogP contribution is 2.23. The van der Waals surface area contributed by atoms with Crippen molar-refractivity contribution in [1.82, 2.24) is 10.2 Å². The molecule has 0 aliphatic rings. The van der Waals surface area contributed by atoms with E-state index in [1.165, 1.54) is 0 Å². The maximum absolute atomic E-state index is 12.2. The van der Waals surface area contributed by atoms with Gasteiger partial charge in [-0.3, -0.25) is 4.79 Å². The lowest BCUT2D eigenvalue weighted by Gasteiger charge is -2.18. The number of hydrogen-bond donors (Lipinski definition) is 1. The van der Waals surface area contributed by atoms with Crippen LogP contribution in [0.25, 0.3) is 0 Å². The first-order valence-corrected chi connectivity index (χ1v) is 7.84. The minimum Gasteiger partial charge on any atom is -0.493 e. The van der Waals surface area contributed by atoms with Crippen LogP contribution in [0.3, 0.4) is 0 Å². The average molecular weight is 343 g/mol. The second-order valence-electron chi connectivity index (χ2n) is 4.36. The van der Waals surface area contributed by atoms with Crippen molar-refractivity contribution in [3.63, 3.8) is 0 Å². The minimum atomic E-state index is -0.0955. The van der Waals surface area contributed by atoms with Gasteiger partial charge in [0.25, 0.3) is 5.91 Å². The Hall–Kier alpha value is -1.07. The Kier molecular flexibility index (Phi) is 7.62. The summed E-state index contributed by atoms with van der Waals surface area (Å²) in [5.74, 6) is 0.526. The second-order valence-corrected chi connectivity index (χ2v) is 5.27. The van der Waals surface area contributed by atoms with E-state index in [1.54, 1.807) is 6.07 Å². The summed E-state index contributed by atoms with van der Waals surface area (Å²) in [4.78, 5) is 14.5. The van der Waals surface area contributed by atoms with Crippen LogP contribution in [0, 0.1) is 0 Å². The number of benzene rings is 1. The number of nitrogens with zero attached hydrogens (tertiary/aromatic N) is 1. The van der Waals surface area contributed by atoms with E-state index < -0.39 is 0 Å². The molecule has 0 saturated heterocycles. The van der Waals surface area contributed by atoms with Gasteiger partial charge in [-0.25, -0.2) is 0 Å². The zero-order valence-electron chi connectivity index (χ0n) is 12.4. The molecule has 0 radical (unpaired) electrons. The molecule has 0 unspecified atom stereocenters. The van der Waals surface area contributed by atoms with E-state index in [4.69, 9.17) is 4.74 Å². The van der Waals surface area contributed by atoms with Gasteiger partial charge in [0.15, 0.2) is 0 Å². The fourth-order valence-electron chi connectivity index (χ4n) is 1.92. The molecule has 0 aromatic heterocycles. The van der Waals surface area contributed by atoms with Crippen molar-refractivity contribution >= 4 is 21.8 Å². The van der Waals surface area contributed by atoms with Gasteiger partial charge < -0.3 is 15.0 Å². The van der Waals surface area contributed by atoms with Crippen LogP contribution in [0.2, 0.25) is 0 Å². The molecule has 0 aliphatic carbocycles. The van der Waals surface area contributed by atoms with E-state index in [0.29, 0.717) is 24.5 Å². The zero-order valence-corrected chi connectivity index (χ0v) is 14.0. The summed E-state index contributed by atoms with van der Waals surface area (Å²) >= 11 is 3.39. The molecule has 112 valence electrons. The van der Waals surface area contributed by atoms with Gasteiger partial charge in [0, 0.05) is 17.6 Å². The first-order valence-electron chi connectivity index (χ1n) is 7.05. The topological polar surface area (TPSA) is 41.6 Å². The monoisotopic (exact) mass is 342 g/mol. The van der Waals surface area contributed by atoms with Crippen molar-refractivity contribution in [3.8, 4) is 5.75 Å². The predicted molar refractivity (Wildman–Crippen MR) is 85.4 cm³/mol.